The molecule has 0 spiro atoms. The summed E-state index contributed by atoms with van der Waals surface area (Å²) in [5, 5.41) is 3.46. The zero-order chi connectivity index (χ0) is 8.81. The van der Waals surface area contributed by atoms with Crippen LogP contribution in [0.2, 0.25) is 0 Å². The SMILES string of the molecule is CC/C=C(\CC)[C@H]1COCCN1. The molecule has 0 bridgehead atoms. The van der Waals surface area contributed by atoms with E-state index in [-0.39, 0.29) is 0 Å². The van der Waals surface area contributed by atoms with E-state index in [0.717, 1.165) is 32.6 Å². The maximum atomic E-state index is 5.41. The van der Waals surface area contributed by atoms with E-state index in [1.54, 1.807) is 0 Å². The van der Waals surface area contributed by atoms with E-state index in [1.165, 1.54) is 5.57 Å². The highest BCUT2D eigenvalue weighted by Crippen LogP contribution is 2.10. The molecule has 70 valence electrons. The van der Waals surface area contributed by atoms with Crippen molar-refractivity contribution in [3.05, 3.63) is 11.6 Å². The van der Waals surface area contributed by atoms with Gasteiger partial charge in [-0.25, -0.2) is 0 Å². The van der Waals surface area contributed by atoms with Crippen LogP contribution in [0.5, 0.6) is 0 Å². The van der Waals surface area contributed by atoms with Gasteiger partial charge in [-0.15, -0.1) is 0 Å². The number of hydrogen-bond acceptors (Lipinski definition) is 2. The summed E-state index contributed by atoms with van der Waals surface area (Å²) >= 11 is 0. The van der Waals surface area contributed by atoms with E-state index in [2.05, 4.69) is 25.2 Å². The summed E-state index contributed by atoms with van der Waals surface area (Å²) in [7, 11) is 0. The van der Waals surface area contributed by atoms with Crippen molar-refractivity contribution in [1.82, 2.24) is 5.32 Å². The molecule has 1 N–H and O–H groups in total. The number of nitrogens with one attached hydrogen (secondary N) is 1. The quantitative estimate of drug-likeness (QED) is 0.649. The van der Waals surface area contributed by atoms with Crippen LogP contribution in [0.4, 0.5) is 0 Å². The minimum atomic E-state index is 0.476. The summed E-state index contributed by atoms with van der Waals surface area (Å²) < 4.78 is 5.41. The second kappa shape index (κ2) is 5.33. The van der Waals surface area contributed by atoms with Gasteiger partial charge in [0, 0.05) is 6.54 Å². The molecule has 0 radical (unpaired) electrons. The third-order valence-corrected chi connectivity index (χ3v) is 2.24. The molecule has 0 unspecified atom stereocenters. The van der Waals surface area contributed by atoms with Crippen molar-refractivity contribution in [2.75, 3.05) is 19.8 Å². The summed E-state index contributed by atoms with van der Waals surface area (Å²) in [6.45, 7) is 7.09. The van der Waals surface area contributed by atoms with Gasteiger partial charge in [0.1, 0.15) is 0 Å². The maximum absolute atomic E-state index is 5.41. The topological polar surface area (TPSA) is 21.3 Å². The normalized spacial score (nSPS) is 25.8. The smallest absolute Gasteiger partial charge is 0.0658 e. The van der Waals surface area contributed by atoms with Crippen molar-refractivity contribution in [1.29, 1.82) is 0 Å². The predicted molar refractivity (Wildman–Crippen MR) is 51.3 cm³/mol. The molecule has 2 heteroatoms. The van der Waals surface area contributed by atoms with Crippen LogP contribution in [0.3, 0.4) is 0 Å². The Kier molecular flexibility index (Phi) is 4.33. The van der Waals surface area contributed by atoms with Crippen molar-refractivity contribution in [2.24, 2.45) is 0 Å². The van der Waals surface area contributed by atoms with Gasteiger partial charge in [-0.1, -0.05) is 25.5 Å². The highest BCUT2D eigenvalue weighted by Gasteiger charge is 2.15. The Morgan fingerprint density at radius 3 is 2.92 bits per heavy atom. The first kappa shape index (κ1) is 9.75. The molecule has 0 aromatic carbocycles. The number of allylic oxidation sites excluding steroid dienone is 1. The van der Waals surface area contributed by atoms with Crippen molar-refractivity contribution in [3.8, 4) is 0 Å². The predicted octanol–water partition coefficient (Wildman–Crippen LogP) is 1.72. The van der Waals surface area contributed by atoms with Crippen molar-refractivity contribution in [3.63, 3.8) is 0 Å². The van der Waals surface area contributed by atoms with Crippen LogP contribution < -0.4 is 5.32 Å². The molecule has 12 heavy (non-hydrogen) atoms. The molecular formula is C10H19NO. The third kappa shape index (κ3) is 2.61. The average Bonchev–Trinajstić information content (AvgIpc) is 2.15. The highest BCUT2D eigenvalue weighted by atomic mass is 16.5. The Hall–Kier alpha value is -0.340. The molecular weight excluding hydrogens is 150 g/mol. The van der Waals surface area contributed by atoms with Gasteiger partial charge in [0.25, 0.3) is 0 Å². The highest BCUT2D eigenvalue weighted by molar-refractivity contribution is 5.10. The van der Waals surface area contributed by atoms with E-state index in [1.807, 2.05) is 0 Å². The van der Waals surface area contributed by atoms with Crippen LogP contribution in [0, 0.1) is 0 Å². The number of hydrogen-bond donors (Lipinski definition) is 1. The van der Waals surface area contributed by atoms with Gasteiger partial charge < -0.3 is 10.1 Å². The van der Waals surface area contributed by atoms with Gasteiger partial charge in [-0.2, -0.15) is 0 Å². The minimum absolute atomic E-state index is 0.476. The fraction of sp³-hybridized carbons (Fsp3) is 0.800. The molecule has 0 saturated carbocycles. The first-order chi connectivity index (χ1) is 5.88. The van der Waals surface area contributed by atoms with Crippen molar-refractivity contribution < 1.29 is 4.74 Å². The molecule has 2 nitrogen and oxygen atoms in total. The van der Waals surface area contributed by atoms with E-state index in [9.17, 15) is 0 Å². The summed E-state index contributed by atoms with van der Waals surface area (Å²) in [6.07, 6.45) is 4.57. The summed E-state index contributed by atoms with van der Waals surface area (Å²) in [5.41, 5.74) is 1.50. The Morgan fingerprint density at radius 1 is 1.58 bits per heavy atom. The van der Waals surface area contributed by atoms with Gasteiger partial charge in [0.05, 0.1) is 19.3 Å². The first-order valence-electron chi connectivity index (χ1n) is 4.88. The van der Waals surface area contributed by atoms with Gasteiger partial charge in [-0.05, 0) is 12.8 Å². The molecule has 1 atom stereocenters. The molecule has 1 heterocycles. The second-order valence-corrected chi connectivity index (χ2v) is 3.12. The summed E-state index contributed by atoms with van der Waals surface area (Å²) in [5.74, 6) is 0. The molecule has 1 aliphatic rings. The molecule has 0 aromatic rings. The van der Waals surface area contributed by atoms with Crippen LogP contribution in [0.15, 0.2) is 11.6 Å². The average molecular weight is 169 g/mol. The van der Waals surface area contributed by atoms with E-state index < -0.39 is 0 Å². The summed E-state index contributed by atoms with van der Waals surface area (Å²) in [6, 6.07) is 0.476. The monoisotopic (exact) mass is 169 g/mol. The molecule has 1 fully saturated rings. The molecule has 0 amide bonds. The Labute approximate surface area is 75.0 Å². The van der Waals surface area contributed by atoms with Crippen LogP contribution in [-0.2, 0) is 4.74 Å². The van der Waals surface area contributed by atoms with Crippen LogP contribution in [0.25, 0.3) is 0 Å². The van der Waals surface area contributed by atoms with Crippen molar-refractivity contribution >= 4 is 0 Å². The van der Waals surface area contributed by atoms with Gasteiger partial charge in [0.2, 0.25) is 0 Å². The van der Waals surface area contributed by atoms with Crippen LogP contribution >= 0.6 is 0 Å². The molecule has 1 rings (SSSR count). The second-order valence-electron chi connectivity index (χ2n) is 3.12. The molecule has 0 aromatic heterocycles. The minimum Gasteiger partial charge on any atom is -0.378 e. The Morgan fingerprint density at radius 2 is 2.42 bits per heavy atom. The van der Waals surface area contributed by atoms with Gasteiger partial charge in [0.15, 0.2) is 0 Å². The fourth-order valence-corrected chi connectivity index (χ4v) is 1.60. The molecule has 0 aliphatic carbocycles. The summed E-state index contributed by atoms with van der Waals surface area (Å²) in [4.78, 5) is 0. The maximum Gasteiger partial charge on any atom is 0.0658 e. The number of morpholine rings is 1. The third-order valence-electron chi connectivity index (χ3n) is 2.24. The van der Waals surface area contributed by atoms with Gasteiger partial charge in [-0.3, -0.25) is 0 Å². The lowest BCUT2D eigenvalue weighted by Gasteiger charge is -2.25. The molecule has 1 saturated heterocycles. The first-order valence-corrected chi connectivity index (χ1v) is 4.88. The van der Waals surface area contributed by atoms with E-state index in [0.29, 0.717) is 6.04 Å². The zero-order valence-corrected chi connectivity index (χ0v) is 8.10. The lowest BCUT2D eigenvalue weighted by Crippen LogP contribution is -2.42. The van der Waals surface area contributed by atoms with Crippen LogP contribution in [-0.4, -0.2) is 25.8 Å². The number of ether oxygens (including phenoxy) is 1. The lowest BCUT2D eigenvalue weighted by atomic mass is 10.0. The van der Waals surface area contributed by atoms with E-state index >= 15 is 0 Å². The standard InChI is InChI=1S/C10H19NO/c1-3-5-9(4-2)10-8-12-7-6-11-10/h5,10-11H,3-4,6-8H2,1-2H3/b9-5+/t10-/m1/s1. The number of rotatable bonds is 3. The van der Waals surface area contributed by atoms with Crippen LogP contribution in [0.1, 0.15) is 26.7 Å². The van der Waals surface area contributed by atoms with E-state index in [4.69, 9.17) is 4.74 Å². The Bertz CT molecular complexity index is 148. The van der Waals surface area contributed by atoms with Crippen molar-refractivity contribution in [2.45, 2.75) is 32.7 Å². The zero-order valence-electron chi connectivity index (χ0n) is 8.10. The fourth-order valence-electron chi connectivity index (χ4n) is 1.60. The molecule has 1 aliphatic heterocycles. The Balaban J connectivity index is 2.46. The largest absolute Gasteiger partial charge is 0.378 e. The van der Waals surface area contributed by atoms with Gasteiger partial charge >= 0.3 is 0 Å². The lowest BCUT2D eigenvalue weighted by molar-refractivity contribution is 0.0862.